The van der Waals surface area contributed by atoms with Gasteiger partial charge in [0.25, 0.3) is 0 Å². The van der Waals surface area contributed by atoms with E-state index in [2.05, 4.69) is 0 Å². The molecule has 0 aromatic rings. The molecule has 0 amide bonds. The summed E-state index contributed by atoms with van der Waals surface area (Å²) in [6, 6.07) is 0. The average molecular weight is 220 g/mol. The van der Waals surface area contributed by atoms with Crippen molar-refractivity contribution in [3.05, 3.63) is 0 Å². The maximum absolute atomic E-state index is 9.78. The molecule has 5 atom stereocenters. The average Bonchev–Trinajstić information content (AvgIpc) is 2.18. The summed E-state index contributed by atoms with van der Waals surface area (Å²) in [5.41, 5.74) is 0. The van der Waals surface area contributed by atoms with Gasteiger partial charge in [0, 0.05) is 5.92 Å². The molecule has 0 bridgehead atoms. The predicted octanol–water partition coefficient (Wildman–Crippen LogP) is -0.514. The van der Waals surface area contributed by atoms with Crippen LogP contribution >= 0.6 is 0 Å². The van der Waals surface area contributed by atoms with E-state index in [0.717, 1.165) is 0 Å². The van der Waals surface area contributed by atoms with Crippen molar-refractivity contribution in [3.8, 4) is 0 Å². The minimum Gasteiger partial charge on any atom is -0.394 e. The first-order valence-electron chi connectivity index (χ1n) is 5.25. The summed E-state index contributed by atoms with van der Waals surface area (Å²) in [6.45, 7) is 5.09. The topological polar surface area (TPSA) is 79.2 Å². The minimum atomic E-state index is -0.870. The van der Waals surface area contributed by atoms with Crippen LogP contribution in [0, 0.1) is 5.92 Å². The van der Waals surface area contributed by atoms with Crippen molar-refractivity contribution in [2.24, 2.45) is 5.92 Å². The molecule has 0 radical (unpaired) electrons. The van der Waals surface area contributed by atoms with Crippen molar-refractivity contribution < 1.29 is 24.8 Å². The summed E-state index contributed by atoms with van der Waals surface area (Å²) in [5, 5.41) is 28.4. The molecule has 1 fully saturated rings. The fourth-order valence-corrected chi connectivity index (χ4v) is 1.65. The molecule has 1 saturated heterocycles. The molecule has 1 rings (SSSR count). The first kappa shape index (κ1) is 12.9. The Bertz CT molecular complexity index is 194. The molecule has 0 aromatic carbocycles. The molecule has 1 aliphatic rings. The van der Waals surface area contributed by atoms with Crippen molar-refractivity contribution in [1.82, 2.24) is 0 Å². The summed E-state index contributed by atoms with van der Waals surface area (Å²) in [7, 11) is 0. The van der Waals surface area contributed by atoms with E-state index in [-0.39, 0.29) is 18.6 Å². The van der Waals surface area contributed by atoms with Gasteiger partial charge in [-0.1, -0.05) is 6.92 Å². The van der Waals surface area contributed by atoms with Crippen LogP contribution in [0.15, 0.2) is 0 Å². The molecule has 1 aliphatic heterocycles. The maximum atomic E-state index is 9.78. The molecular formula is C10H20O5. The van der Waals surface area contributed by atoms with Crippen LogP contribution in [0.25, 0.3) is 0 Å². The standard InChI is InChI=1S/C10H20O5/c1-5(2)14-10-9(13)6(3)8(12)7(4-11)15-10/h5-13H,4H2,1-3H3. The smallest absolute Gasteiger partial charge is 0.184 e. The lowest BCUT2D eigenvalue weighted by atomic mass is 9.91. The van der Waals surface area contributed by atoms with E-state index in [1.807, 2.05) is 13.8 Å². The number of aliphatic hydroxyl groups excluding tert-OH is 3. The lowest BCUT2D eigenvalue weighted by Crippen LogP contribution is -2.55. The van der Waals surface area contributed by atoms with Crippen LogP contribution in [-0.2, 0) is 9.47 Å². The minimum absolute atomic E-state index is 0.0774. The fourth-order valence-electron chi connectivity index (χ4n) is 1.65. The van der Waals surface area contributed by atoms with E-state index < -0.39 is 24.6 Å². The first-order chi connectivity index (χ1) is 6.97. The first-order valence-corrected chi connectivity index (χ1v) is 5.25. The van der Waals surface area contributed by atoms with Gasteiger partial charge in [-0.2, -0.15) is 0 Å². The SMILES string of the molecule is CC(C)OC1OC(CO)C(O)C(C)C1O. The van der Waals surface area contributed by atoms with E-state index in [1.165, 1.54) is 0 Å². The highest BCUT2D eigenvalue weighted by Crippen LogP contribution is 2.26. The Morgan fingerprint density at radius 1 is 1.27 bits per heavy atom. The van der Waals surface area contributed by atoms with Crippen LogP contribution in [-0.4, -0.2) is 52.6 Å². The van der Waals surface area contributed by atoms with Crippen LogP contribution < -0.4 is 0 Å². The second-order valence-electron chi connectivity index (χ2n) is 4.25. The zero-order valence-corrected chi connectivity index (χ0v) is 9.33. The zero-order valence-electron chi connectivity index (χ0n) is 9.33. The van der Waals surface area contributed by atoms with Gasteiger partial charge in [-0.15, -0.1) is 0 Å². The second-order valence-corrected chi connectivity index (χ2v) is 4.25. The van der Waals surface area contributed by atoms with Crippen molar-refractivity contribution >= 4 is 0 Å². The van der Waals surface area contributed by atoms with Crippen LogP contribution in [0.4, 0.5) is 0 Å². The highest BCUT2D eigenvalue weighted by atomic mass is 16.7. The van der Waals surface area contributed by atoms with Gasteiger partial charge in [0.2, 0.25) is 0 Å². The highest BCUT2D eigenvalue weighted by Gasteiger charge is 2.42. The van der Waals surface area contributed by atoms with E-state index in [0.29, 0.717) is 0 Å². The molecule has 0 spiro atoms. The molecule has 5 heteroatoms. The molecule has 1 heterocycles. The number of ether oxygens (including phenoxy) is 2. The summed E-state index contributed by atoms with van der Waals surface area (Å²) in [4.78, 5) is 0. The van der Waals surface area contributed by atoms with E-state index in [9.17, 15) is 10.2 Å². The van der Waals surface area contributed by atoms with E-state index in [1.54, 1.807) is 6.92 Å². The number of aliphatic hydroxyl groups is 3. The number of hydrogen-bond acceptors (Lipinski definition) is 5. The Morgan fingerprint density at radius 3 is 2.33 bits per heavy atom. The van der Waals surface area contributed by atoms with E-state index >= 15 is 0 Å². The van der Waals surface area contributed by atoms with Crippen LogP contribution in [0.5, 0.6) is 0 Å². The van der Waals surface area contributed by atoms with Gasteiger partial charge in [0.1, 0.15) is 12.2 Å². The third-order valence-corrected chi connectivity index (χ3v) is 2.63. The van der Waals surface area contributed by atoms with Crippen LogP contribution in [0.1, 0.15) is 20.8 Å². The predicted molar refractivity (Wildman–Crippen MR) is 53.1 cm³/mol. The molecule has 0 aromatic heterocycles. The molecule has 90 valence electrons. The van der Waals surface area contributed by atoms with Gasteiger partial charge in [-0.3, -0.25) is 0 Å². The van der Waals surface area contributed by atoms with Crippen molar-refractivity contribution in [2.45, 2.75) is 51.5 Å². The van der Waals surface area contributed by atoms with Gasteiger partial charge < -0.3 is 24.8 Å². The van der Waals surface area contributed by atoms with E-state index in [4.69, 9.17) is 14.6 Å². The Labute approximate surface area is 89.6 Å². The summed E-state index contributed by atoms with van der Waals surface area (Å²) >= 11 is 0. The summed E-state index contributed by atoms with van der Waals surface area (Å²) < 4.78 is 10.6. The molecule has 0 saturated carbocycles. The third-order valence-electron chi connectivity index (χ3n) is 2.63. The van der Waals surface area contributed by atoms with Crippen molar-refractivity contribution in [1.29, 1.82) is 0 Å². The Hall–Kier alpha value is -0.200. The largest absolute Gasteiger partial charge is 0.394 e. The van der Waals surface area contributed by atoms with Gasteiger partial charge >= 0.3 is 0 Å². The van der Waals surface area contributed by atoms with Crippen molar-refractivity contribution in [3.63, 3.8) is 0 Å². The molecule has 3 N–H and O–H groups in total. The van der Waals surface area contributed by atoms with Crippen molar-refractivity contribution in [2.75, 3.05) is 6.61 Å². The van der Waals surface area contributed by atoms with Gasteiger partial charge in [0.15, 0.2) is 6.29 Å². The maximum Gasteiger partial charge on any atom is 0.184 e. The molecule has 0 aliphatic carbocycles. The molecular weight excluding hydrogens is 200 g/mol. The monoisotopic (exact) mass is 220 g/mol. The molecule has 5 unspecified atom stereocenters. The quantitative estimate of drug-likeness (QED) is 0.597. The van der Waals surface area contributed by atoms with Crippen LogP contribution in [0.3, 0.4) is 0 Å². The third kappa shape index (κ3) is 2.89. The summed E-state index contributed by atoms with van der Waals surface area (Å²) in [5.74, 6) is -0.375. The van der Waals surface area contributed by atoms with Crippen LogP contribution in [0.2, 0.25) is 0 Å². The normalized spacial score (nSPS) is 42.2. The Balaban J connectivity index is 2.65. The van der Waals surface area contributed by atoms with Gasteiger partial charge in [0.05, 0.1) is 18.8 Å². The van der Waals surface area contributed by atoms with Gasteiger partial charge in [-0.25, -0.2) is 0 Å². The van der Waals surface area contributed by atoms with Gasteiger partial charge in [-0.05, 0) is 13.8 Å². The number of hydrogen-bond donors (Lipinski definition) is 3. The Kier molecular flexibility index (Phi) is 4.48. The Morgan fingerprint density at radius 2 is 1.87 bits per heavy atom. The highest BCUT2D eigenvalue weighted by molar-refractivity contribution is 4.86. The number of rotatable bonds is 3. The molecule has 5 nitrogen and oxygen atoms in total. The second kappa shape index (κ2) is 5.23. The lowest BCUT2D eigenvalue weighted by molar-refractivity contribution is -0.296. The molecule has 15 heavy (non-hydrogen) atoms. The lowest BCUT2D eigenvalue weighted by Gasteiger charge is -2.41. The fraction of sp³-hybridized carbons (Fsp3) is 1.00. The zero-order chi connectivity index (χ0) is 11.6. The summed E-state index contributed by atoms with van der Waals surface area (Å²) in [6.07, 6.45) is -3.28.